The quantitative estimate of drug-likeness (QED) is 0.637. The first-order chi connectivity index (χ1) is 14.0. The van der Waals surface area contributed by atoms with E-state index in [-0.39, 0.29) is 6.04 Å². The van der Waals surface area contributed by atoms with Crippen molar-refractivity contribution in [2.24, 2.45) is 0 Å². The Hall–Kier alpha value is -2.41. The molecule has 0 spiro atoms. The van der Waals surface area contributed by atoms with Crippen molar-refractivity contribution >= 4 is 11.0 Å². The van der Waals surface area contributed by atoms with Crippen LogP contribution in [0, 0.1) is 13.8 Å². The lowest BCUT2D eigenvalue weighted by molar-refractivity contribution is -0.0166. The van der Waals surface area contributed by atoms with Gasteiger partial charge in [-0.25, -0.2) is 4.98 Å². The number of aliphatic hydroxyl groups excluding tert-OH is 2. The van der Waals surface area contributed by atoms with E-state index in [1.807, 2.05) is 29.0 Å². The molecule has 3 aromatic rings. The van der Waals surface area contributed by atoms with Crippen molar-refractivity contribution in [3.63, 3.8) is 0 Å². The van der Waals surface area contributed by atoms with Crippen LogP contribution in [0.3, 0.4) is 0 Å². The number of aryl methyl sites for hydroxylation is 2. The molecule has 1 aliphatic heterocycles. The highest BCUT2D eigenvalue weighted by atomic mass is 16.5. The molecule has 5 rings (SSSR count). The molecule has 0 radical (unpaired) electrons. The molecule has 1 saturated carbocycles. The minimum Gasteiger partial charge on any atom is -0.487 e. The number of rotatable bonds is 3. The molecular formula is C23H27N3O3. The monoisotopic (exact) mass is 393 g/mol. The van der Waals surface area contributed by atoms with Crippen LogP contribution < -0.4 is 10.1 Å². The topological polar surface area (TPSA) is 79.5 Å². The Kier molecular flexibility index (Phi) is 4.57. The Morgan fingerprint density at radius 2 is 2.03 bits per heavy atom. The summed E-state index contributed by atoms with van der Waals surface area (Å²) in [5.41, 5.74) is 5.60. The van der Waals surface area contributed by atoms with Gasteiger partial charge in [-0.3, -0.25) is 0 Å². The van der Waals surface area contributed by atoms with E-state index in [0.717, 1.165) is 53.0 Å². The number of benzene rings is 1. The maximum Gasteiger partial charge on any atom is 0.140 e. The predicted octanol–water partition coefficient (Wildman–Crippen LogP) is 2.41. The van der Waals surface area contributed by atoms with E-state index >= 15 is 0 Å². The summed E-state index contributed by atoms with van der Waals surface area (Å²) in [6.07, 6.45) is 2.92. The van der Waals surface area contributed by atoms with Crippen molar-refractivity contribution in [2.45, 2.75) is 57.6 Å². The molecule has 3 N–H and O–H groups in total. The van der Waals surface area contributed by atoms with Gasteiger partial charge in [0.05, 0.1) is 6.04 Å². The first-order valence-electron chi connectivity index (χ1n) is 10.3. The number of hydrogen-bond donors (Lipinski definition) is 3. The van der Waals surface area contributed by atoms with Gasteiger partial charge in [0.25, 0.3) is 0 Å². The molecule has 3 heterocycles. The second-order valence-electron chi connectivity index (χ2n) is 8.36. The van der Waals surface area contributed by atoms with Gasteiger partial charge in [-0.1, -0.05) is 6.07 Å². The normalized spacial score (nSPS) is 26.6. The zero-order valence-electron chi connectivity index (χ0n) is 16.8. The molecule has 1 aliphatic carbocycles. The summed E-state index contributed by atoms with van der Waals surface area (Å²) in [6.45, 7) is 5.86. The van der Waals surface area contributed by atoms with Gasteiger partial charge < -0.3 is 24.8 Å². The minimum absolute atomic E-state index is 0.277. The third-order valence-corrected chi connectivity index (χ3v) is 6.39. The number of aliphatic hydroxyl groups is 2. The smallest absolute Gasteiger partial charge is 0.140 e. The largest absolute Gasteiger partial charge is 0.487 e. The lowest BCUT2D eigenvalue weighted by atomic mass is 9.97. The summed E-state index contributed by atoms with van der Waals surface area (Å²) in [4.78, 5) is 4.51. The Bertz CT molecular complexity index is 1060. The molecule has 152 valence electrons. The fraction of sp³-hybridized carbons (Fsp3) is 0.435. The van der Waals surface area contributed by atoms with Crippen molar-refractivity contribution in [3.05, 3.63) is 58.9 Å². The highest BCUT2D eigenvalue weighted by Gasteiger charge is 2.44. The average molecular weight is 393 g/mol. The molecule has 0 saturated heterocycles. The van der Waals surface area contributed by atoms with E-state index in [9.17, 15) is 10.2 Å². The van der Waals surface area contributed by atoms with Crippen LogP contribution >= 0.6 is 0 Å². The van der Waals surface area contributed by atoms with Crippen molar-refractivity contribution in [1.29, 1.82) is 0 Å². The molecule has 0 amide bonds. The van der Waals surface area contributed by atoms with Gasteiger partial charge in [-0.05, 0) is 61.7 Å². The zero-order valence-corrected chi connectivity index (χ0v) is 16.8. The first-order valence-corrected chi connectivity index (χ1v) is 10.3. The molecular weight excluding hydrogens is 366 g/mol. The second kappa shape index (κ2) is 7.13. The summed E-state index contributed by atoms with van der Waals surface area (Å²) in [5.74, 6) is 0.815. The van der Waals surface area contributed by atoms with Gasteiger partial charge in [0.2, 0.25) is 0 Å². The second-order valence-corrected chi connectivity index (χ2v) is 8.36. The molecule has 1 aromatic carbocycles. The van der Waals surface area contributed by atoms with Crippen LogP contribution in [-0.2, 0) is 13.0 Å². The Balaban J connectivity index is 1.45. The van der Waals surface area contributed by atoms with E-state index in [0.29, 0.717) is 6.42 Å². The molecule has 6 nitrogen and oxygen atoms in total. The van der Waals surface area contributed by atoms with Crippen molar-refractivity contribution < 1.29 is 14.9 Å². The SMILES string of the molecule is Cc1cc2c(c(O[C@H]3C[C@@H](n4ccc5c(C)ccnc54)[C@H](O)[C@@H]3O)c1)CNCC2. The van der Waals surface area contributed by atoms with Gasteiger partial charge >= 0.3 is 0 Å². The Morgan fingerprint density at radius 1 is 1.17 bits per heavy atom. The predicted molar refractivity (Wildman–Crippen MR) is 111 cm³/mol. The van der Waals surface area contributed by atoms with Crippen LogP contribution in [0.5, 0.6) is 5.75 Å². The molecule has 2 aromatic heterocycles. The lowest BCUT2D eigenvalue weighted by Gasteiger charge is -2.25. The summed E-state index contributed by atoms with van der Waals surface area (Å²) in [6, 6.07) is 7.97. The van der Waals surface area contributed by atoms with Gasteiger partial charge in [-0.15, -0.1) is 0 Å². The summed E-state index contributed by atoms with van der Waals surface area (Å²) < 4.78 is 8.30. The lowest BCUT2D eigenvalue weighted by Crippen LogP contribution is -2.34. The van der Waals surface area contributed by atoms with Gasteiger partial charge in [0, 0.05) is 36.3 Å². The van der Waals surface area contributed by atoms with Gasteiger partial charge in [0.15, 0.2) is 0 Å². The summed E-state index contributed by atoms with van der Waals surface area (Å²) in [7, 11) is 0. The Labute approximate surface area is 170 Å². The number of nitrogens with zero attached hydrogens (tertiary/aromatic N) is 2. The molecule has 1 fully saturated rings. The molecule has 0 bridgehead atoms. The number of pyridine rings is 1. The Morgan fingerprint density at radius 3 is 2.90 bits per heavy atom. The number of nitrogens with one attached hydrogen (secondary N) is 1. The van der Waals surface area contributed by atoms with Crippen molar-refractivity contribution in [3.8, 4) is 5.75 Å². The highest BCUT2D eigenvalue weighted by molar-refractivity contribution is 5.79. The zero-order chi connectivity index (χ0) is 20.1. The summed E-state index contributed by atoms with van der Waals surface area (Å²) in [5, 5.41) is 26.0. The average Bonchev–Trinajstić information content (AvgIpc) is 3.25. The summed E-state index contributed by atoms with van der Waals surface area (Å²) >= 11 is 0. The van der Waals surface area contributed by atoms with Gasteiger partial charge in [0.1, 0.15) is 29.7 Å². The molecule has 6 heteroatoms. The van der Waals surface area contributed by atoms with Crippen LogP contribution in [0.15, 0.2) is 36.7 Å². The molecule has 0 unspecified atom stereocenters. The van der Waals surface area contributed by atoms with Crippen LogP contribution in [0.1, 0.15) is 34.7 Å². The molecule has 2 aliphatic rings. The fourth-order valence-corrected chi connectivity index (χ4v) is 4.80. The molecule has 4 atom stereocenters. The standard InChI is InChI=1S/C23H27N3O3/c1-13-9-15-4-6-24-12-17(15)19(10-13)29-20-11-18(21(27)22(20)28)26-8-5-16-14(2)3-7-25-23(16)26/h3,5,7-10,18,20-22,24,27-28H,4,6,11-12H2,1-2H3/t18-,20+,21+,22-/m1/s1. The van der Waals surface area contributed by atoms with Crippen molar-refractivity contribution in [2.75, 3.05) is 6.54 Å². The van der Waals surface area contributed by atoms with Crippen LogP contribution in [0.25, 0.3) is 11.0 Å². The number of fused-ring (bicyclic) bond motifs is 2. The van der Waals surface area contributed by atoms with Crippen LogP contribution in [0.4, 0.5) is 0 Å². The van der Waals surface area contributed by atoms with E-state index in [1.165, 1.54) is 5.56 Å². The van der Waals surface area contributed by atoms with E-state index in [4.69, 9.17) is 4.74 Å². The molecule has 29 heavy (non-hydrogen) atoms. The maximum absolute atomic E-state index is 10.8. The third kappa shape index (κ3) is 3.12. The number of ether oxygens (including phenoxy) is 1. The van der Waals surface area contributed by atoms with E-state index in [2.05, 4.69) is 30.2 Å². The van der Waals surface area contributed by atoms with E-state index < -0.39 is 18.3 Å². The third-order valence-electron chi connectivity index (χ3n) is 6.39. The number of hydrogen-bond acceptors (Lipinski definition) is 5. The minimum atomic E-state index is -0.949. The highest BCUT2D eigenvalue weighted by Crippen LogP contribution is 2.37. The van der Waals surface area contributed by atoms with Crippen LogP contribution in [-0.4, -0.2) is 44.6 Å². The van der Waals surface area contributed by atoms with Gasteiger partial charge in [-0.2, -0.15) is 0 Å². The van der Waals surface area contributed by atoms with Crippen LogP contribution in [0.2, 0.25) is 0 Å². The number of aromatic nitrogens is 2. The maximum atomic E-state index is 10.8. The van der Waals surface area contributed by atoms with E-state index in [1.54, 1.807) is 6.20 Å². The first kappa shape index (κ1) is 18.6. The fourth-order valence-electron chi connectivity index (χ4n) is 4.80. The van der Waals surface area contributed by atoms with Crippen molar-refractivity contribution in [1.82, 2.24) is 14.9 Å².